The molecule has 0 spiro atoms. The summed E-state index contributed by atoms with van der Waals surface area (Å²) >= 11 is 0. The second-order valence-electron chi connectivity index (χ2n) is 6.28. The fraction of sp³-hybridized carbons (Fsp3) is 0. The quantitative estimate of drug-likeness (QED) is 0.387. The fourth-order valence-electron chi connectivity index (χ4n) is 3.53. The van der Waals surface area contributed by atoms with Crippen LogP contribution in [-0.2, 0) is 0 Å². The number of rotatable bonds is 2. The molecule has 124 valence electrons. The Labute approximate surface area is 150 Å². The van der Waals surface area contributed by atoms with Crippen LogP contribution in [0.1, 0.15) is 0 Å². The van der Waals surface area contributed by atoms with E-state index in [1.165, 1.54) is 17.5 Å². The van der Waals surface area contributed by atoms with Gasteiger partial charge in [-0.3, -0.25) is 4.98 Å². The molecule has 5 rings (SSSR count). The summed E-state index contributed by atoms with van der Waals surface area (Å²) in [4.78, 5) is 4.46. The number of benzene rings is 3. The summed E-state index contributed by atoms with van der Waals surface area (Å²) in [5.41, 5.74) is 5.18. The van der Waals surface area contributed by atoms with Crippen LogP contribution in [0.15, 0.2) is 91.1 Å². The average molecular weight is 338 g/mol. The number of para-hydroxylation sites is 1. The van der Waals surface area contributed by atoms with Gasteiger partial charge in [0.2, 0.25) is 0 Å². The highest BCUT2D eigenvalue weighted by Crippen LogP contribution is 2.34. The normalized spacial score (nSPS) is 11.3. The lowest BCUT2D eigenvalue weighted by atomic mass is 10.1. The van der Waals surface area contributed by atoms with Crippen molar-refractivity contribution in [2.45, 2.75) is 0 Å². The highest BCUT2D eigenvalue weighted by molar-refractivity contribution is 6.10. The molecule has 0 fully saturated rings. The average Bonchev–Trinajstić information content (AvgIpc) is 3.03. The fourth-order valence-corrected chi connectivity index (χ4v) is 3.53. The molecule has 0 aliphatic heterocycles. The molecule has 0 atom stereocenters. The standard InChI is InChI=1S/C23H15FN2/c24-17-9-11-18(12-10-17)26-22-7-2-1-5-19(22)20-15-16(8-13-23(20)26)21-6-3-4-14-25-21/h1-15H. The third-order valence-electron chi connectivity index (χ3n) is 4.72. The van der Waals surface area contributed by atoms with Gasteiger partial charge in [0.1, 0.15) is 5.82 Å². The van der Waals surface area contributed by atoms with Crippen molar-refractivity contribution >= 4 is 21.8 Å². The Morgan fingerprint density at radius 1 is 0.692 bits per heavy atom. The van der Waals surface area contributed by atoms with Crippen LogP contribution in [0.4, 0.5) is 4.39 Å². The summed E-state index contributed by atoms with van der Waals surface area (Å²) in [5, 5.41) is 2.33. The van der Waals surface area contributed by atoms with Gasteiger partial charge in [-0.1, -0.05) is 30.3 Å². The van der Waals surface area contributed by atoms with Gasteiger partial charge in [-0.05, 0) is 54.6 Å². The van der Waals surface area contributed by atoms with Gasteiger partial charge in [-0.25, -0.2) is 4.39 Å². The smallest absolute Gasteiger partial charge is 0.123 e. The third-order valence-corrected chi connectivity index (χ3v) is 4.72. The maximum absolute atomic E-state index is 13.4. The van der Waals surface area contributed by atoms with Crippen LogP contribution in [-0.4, -0.2) is 9.55 Å². The Bertz CT molecular complexity index is 1220. The number of fused-ring (bicyclic) bond motifs is 3. The van der Waals surface area contributed by atoms with E-state index in [0.717, 1.165) is 33.4 Å². The Balaban J connectivity index is 1.83. The van der Waals surface area contributed by atoms with E-state index in [4.69, 9.17) is 0 Å². The monoisotopic (exact) mass is 338 g/mol. The SMILES string of the molecule is Fc1ccc(-n2c3ccccc3c3cc(-c4ccccn4)ccc32)cc1. The maximum Gasteiger partial charge on any atom is 0.123 e. The molecule has 0 aliphatic carbocycles. The Kier molecular flexibility index (Phi) is 3.32. The van der Waals surface area contributed by atoms with Crippen molar-refractivity contribution in [3.63, 3.8) is 0 Å². The lowest BCUT2D eigenvalue weighted by Gasteiger charge is -2.08. The molecule has 2 aromatic heterocycles. The largest absolute Gasteiger partial charge is 0.309 e. The van der Waals surface area contributed by atoms with Crippen molar-refractivity contribution in [2.75, 3.05) is 0 Å². The van der Waals surface area contributed by atoms with Crippen LogP contribution in [0.25, 0.3) is 38.8 Å². The van der Waals surface area contributed by atoms with Crippen LogP contribution in [0.2, 0.25) is 0 Å². The zero-order valence-electron chi connectivity index (χ0n) is 13.9. The second-order valence-corrected chi connectivity index (χ2v) is 6.28. The van der Waals surface area contributed by atoms with Gasteiger partial charge in [0.15, 0.2) is 0 Å². The predicted octanol–water partition coefficient (Wildman–Crippen LogP) is 5.98. The highest BCUT2D eigenvalue weighted by atomic mass is 19.1. The van der Waals surface area contributed by atoms with E-state index in [-0.39, 0.29) is 5.82 Å². The first-order chi connectivity index (χ1) is 12.8. The molecule has 0 aliphatic rings. The van der Waals surface area contributed by atoms with Gasteiger partial charge in [-0.2, -0.15) is 0 Å². The lowest BCUT2D eigenvalue weighted by Crippen LogP contribution is -1.93. The Hall–Kier alpha value is -3.46. The van der Waals surface area contributed by atoms with Crippen LogP contribution in [0, 0.1) is 5.82 Å². The topological polar surface area (TPSA) is 17.8 Å². The molecule has 0 saturated carbocycles. The van der Waals surface area contributed by atoms with E-state index >= 15 is 0 Å². The van der Waals surface area contributed by atoms with Gasteiger partial charge in [0.05, 0.1) is 16.7 Å². The summed E-state index contributed by atoms with van der Waals surface area (Å²) < 4.78 is 15.6. The van der Waals surface area contributed by atoms with Crippen molar-refractivity contribution in [1.82, 2.24) is 9.55 Å². The van der Waals surface area contributed by atoms with Gasteiger partial charge in [0, 0.05) is 28.2 Å². The highest BCUT2D eigenvalue weighted by Gasteiger charge is 2.13. The third kappa shape index (κ3) is 2.29. The van der Waals surface area contributed by atoms with Crippen molar-refractivity contribution in [2.24, 2.45) is 0 Å². The van der Waals surface area contributed by atoms with Crippen LogP contribution in [0.3, 0.4) is 0 Å². The summed E-state index contributed by atoms with van der Waals surface area (Å²) in [6.07, 6.45) is 1.81. The molecule has 0 radical (unpaired) electrons. The van der Waals surface area contributed by atoms with Crippen molar-refractivity contribution < 1.29 is 4.39 Å². The Morgan fingerprint density at radius 3 is 2.27 bits per heavy atom. The van der Waals surface area contributed by atoms with Crippen molar-refractivity contribution in [3.8, 4) is 16.9 Å². The van der Waals surface area contributed by atoms with Crippen molar-refractivity contribution in [1.29, 1.82) is 0 Å². The summed E-state index contributed by atoms with van der Waals surface area (Å²) in [6.45, 7) is 0. The zero-order chi connectivity index (χ0) is 17.5. The van der Waals surface area contributed by atoms with E-state index in [1.54, 1.807) is 6.20 Å². The molecular formula is C23H15FN2. The lowest BCUT2D eigenvalue weighted by molar-refractivity contribution is 0.627. The number of aromatic nitrogens is 2. The van der Waals surface area contributed by atoms with E-state index in [9.17, 15) is 4.39 Å². The minimum Gasteiger partial charge on any atom is -0.309 e. The number of hydrogen-bond acceptors (Lipinski definition) is 1. The first kappa shape index (κ1) is 14.8. The minimum absolute atomic E-state index is 0.230. The summed E-state index contributed by atoms with van der Waals surface area (Å²) in [5.74, 6) is -0.230. The molecule has 3 heteroatoms. The van der Waals surface area contributed by atoms with Gasteiger partial charge < -0.3 is 4.57 Å². The Morgan fingerprint density at radius 2 is 1.46 bits per heavy atom. The van der Waals surface area contributed by atoms with Crippen LogP contribution in [0.5, 0.6) is 0 Å². The van der Waals surface area contributed by atoms with Crippen LogP contribution >= 0.6 is 0 Å². The molecule has 0 amide bonds. The van der Waals surface area contributed by atoms with E-state index in [2.05, 4.69) is 39.9 Å². The molecule has 2 heterocycles. The first-order valence-electron chi connectivity index (χ1n) is 8.52. The molecule has 26 heavy (non-hydrogen) atoms. The number of pyridine rings is 1. The minimum atomic E-state index is -0.230. The molecule has 2 nitrogen and oxygen atoms in total. The number of halogens is 1. The van der Waals surface area contributed by atoms with Gasteiger partial charge in [-0.15, -0.1) is 0 Å². The van der Waals surface area contributed by atoms with Crippen LogP contribution < -0.4 is 0 Å². The maximum atomic E-state index is 13.4. The molecule has 0 bridgehead atoms. The molecule has 3 aromatic carbocycles. The first-order valence-corrected chi connectivity index (χ1v) is 8.52. The van der Waals surface area contributed by atoms with Gasteiger partial charge in [0.25, 0.3) is 0 Å². The van der Waals surface area contributed by atoms with E-state index in [1.807, 2.05) is 42.5 Å². The zero-order valence-corrected chi connectivity index (χ0v) is 13.9. The van der Waals surface area contributed by atoms with E-state index in [0.29, 0.717) is 0 Å². The predicted molar refractivity (Wildman–Crippen MR) is 104 cm³/mol. The summed E-state index contributed by atoms with van der Waals surface area (Å²) in [6, 6.07) is 27.2. The molecule has 0 unspecified atom stereocenters. The number of hydrogen-bond donors (Lipinski definition) is 0. The molecule has 5 aromatic rings. The van der Waals surface area contributed by atoms with Crippen molar-refractivity contribution in [3.05, 3.63) is 96.9 Å². The molecule has 0 saturated heterocycles. The van der Waals surface area contributed by atoms with Gasteiger partial charge >= 0.3 is 0 Å². The second kappa shape index (κ2) is 5.81. The molecule has 0 N–H and O–H groups in total. The molecular weight excluding hydrogens is 323 g/mol. The summed E-state index contributed by atoms with van der Waals surface area (Å²) in [7, 11) is 0. The van der Waals surface area contributed by atoms with E-state index < -0.39 is 0 Å². The number of nitrogens with zero attached hydrogens (tertiary/aromatic N) is 2.